The summed E-state index contributed by atoms with van der Waals surface area (Å²) in [5.41, 5.74) is 0.310. The maximum atomic E-state index is 12.9. The zero-order valence-electron chi connectivity index (χ0n) is 14.3. The van der Waals surface area contributed by atoms with E-state index in [2.05, 4.69) is 5.32 Å². The van der Waals surface area contributed by atoms with Gasteiger partial charge in [0.25, 0.3) is 5.91 Å². The van der Waals surface area contributed by atoms with Gasteiger partial charge in [-0.2, -0.15) is 0 Å². The second kappa shape index (κ2) is 8.39. The number of nitrogens with one attached hydrogen (secondary N) is 1. The van der Waals surface area contributed by atoms with E-state index in [0.717, 1.165) is 18.6 Å². The van der Waals surface area contributed by atoms with Crippen LogP contribution in [0.4, 0.5) is 4.39 Å². The quantitative estimate of drug-likeness (QED) is 0.804. The van der Waals surface area contributed by atoms with Crippen LogP contribution in [0.2, 0.25) is 0 Å². The van der Waals surface area contributed by atoms with Crippen molar-refractivity contribution >= 4 is 11.9 Å². The highest BCUT2D eigenvalue weighted by Gasteiger charge is 2.21. The number of carbonyl (C=O) groups is 2. The SMILES string of the molecule is O=C(NCC(Oc1ccc(F)cc1)C(=O)O)c1ccc2c(c1)OCCCO2. The van der Waals surface area contributed by atoms with Crippen LogP contribution >= 0.6 is 0 Å². The van der Waals surface area contributed by atoms with Crippen LogP contribution < -0.4 is 19.5 Å². The second-order valence-corrected chi connectivity index (χ2v) is 5.82. The largest absolute Gasteiger partial charge is 0.490 e. The Morgan fingerprint density at radius 1 is 1.11 bits per heavy atom. The lowest BCUT2D eigenvalue weighted by Gasteiger charge is -2.16. The fourth-order valence-electron chi connectivity index (χ4n) is 2.45. The highest BCUT2D eigenvalue weighted by Crippen LogP contribution is 2.30. The number of hydrogen-bond acceptors (Lipinski definition) is 5. The number of carbonyl (C=O) groups excluding carboxylic acids is 1. The lowest BCUT2D eigenvalue weighted by Crippen LogP contribution is -2.40. The van der Waals surface area contributed by atoms with Gasteiger partial charge in [0.2, 0.25) is 6.10 Å². The molecule has 0 bridgehead atoms. The van der Waals surface area contributed by atoms with E-state index < -0.39 is 23.8 Å². The molecule has 142 valence electrons. The van der Waals surface area contributed by atoms with Gasteiger partial charge in [-0.25, -0.2) is 9.18 Å². The van der Waals surface area contributed by atoms with Crippen LogP contribution in [0.5, 0.6) is 17.2 Å². The summed E-state index contributed by atoms with van der Waals surface area (Å²) in [6.07, 6.45) is -0.572. The Morgan fingerprint density at radius 2 is 1.81 bits per heavy atom. The third kappa shape index (κ3) is 4.87. The van der Waals surface area contributed by atoms with Crippen LogP contribution in [0, 0.1) is 5.82 Å². The van der Waals surface area contributed by atoms with E-state index in [1.54, 1.807) is 18.2 Å². The molecule has 1 aliphatic heterocycles. The normalized spacial score (nSPS) is 14.0. The fourth-order valence-corrected chi connectivity index (χ4v) is 2.45. The first-order valence-electron chi connectivity index (χ1n) is 8.36. The Balaban J connectivity index is 1.63. The van der Waals surface area contributed by atoms with Crippen molar-refractivity contribution in [2.75, 3.05) is 19.8 Å². The number of aliphatic carboxylic acids is 1. The van der Waals surface area contributed by atoms with Gasteiger partial charge in [0.05, 0.1) is 19.8 Å². The van der Waals surface area contributed by atoms with Crippen molar-refractivity contribution in [1.29, 1.82) is 0 Å². The van der Waals surface area contributed by atoms with Crippen molar-refractivity contribution in [2.45, 2.75) is 12.5 Å². The fraction of sp³-hybridized carbons (Fsp3) is 0.263. The summed E-state index contributed by atoms with van der Waals surface area (Å²) >= 11 is 0. The van der Waals surface area contributed by atoms with E-state index in [9.17, 15) is 19.1 Å². The summed E-state index contributed by atoms with van der Waals surface area (Å²) in [6.45, 7) is 0.768. The molecular weight excluding hydrogens is 357 g/mol. The first kappa shape index (κ1) is 18.5. The van der Waals surface area contributed by atoms with Gasteiger partial charge < -0.3 is 24.6 Å². The molecule has 1 amide bonds. The highest BCUT2D eigenvalue weighted by atomic mass is 19.1. The minimum absolute atomic E-state index is 0.189. The first-order valence-corrected chi connectivity index (χ1v) is 8.36. The Hall–Kier alpha value is -3.29. The lowest BCUT2D eigenvalue weighted by molar-refractivity contribution is -0.144. The van der Waals surface area contributed by atoms with Gasteiger partial charge in [0.15, 0.2) is 11.5 Å². The predicted octanol–water partition coefficient (Wildman–Crippen LogP) is 2.25. The van der Waals surface area contributed by atoms with E-state index in [-0.39, 0.29) is 12.3 Å². The Morgan fingerprint density at radius 3 is 2.52 bits per heavy atom. The third-order valence-corrected chi connectivity index (χ3v) is 3.83. The van der Waals surface area contributed by atoms with E-state index in [1.165, 1.54) is 12.1 Å². The molecule has 8 heteroatoms. The summed E-state index contributed by atoms with van der Waals surface area (Å²) in [7, 11) is 0. The van der Waals surface area contributed by atoms with Crippen LogP contribution in [0.3, 0.4) is 0 Å². The minimum atomic E-state index is -1.32. The molecule has 0 aliphatic carbocycles. The second-order valence-electron chi connectivity index (χ2n) is 5.82. The van der Waals surface area contributed by atoms with Gasteiger partial charge >= 0.3 is 5.97 Å². The number of amides is 1. The number of carboxylic acids is 1. The van der Waals surface area contributed by atoms with E-state index in [4.69, 9.17) is 14.2 Å². The summed E-state index contributed by atoms with van der Waals surface area (Å²) < 4.78 is 29.3. The molecule has 0 radical (unpaired) electrons. The molecule has 0 fully saturated rings. The van der Waals surface area contributed by atoms with Crippen molar-refractivity contribution in [3.05, 3.63) is 53.8 Å². The molecule has 0 saturated carbocycles. The molecule has 27 heavy (non-hydrogen) atoms. The zero-order valence-corrected chi connectivity index (χ0v) is 14.3. The first-order chi connectivity index (χ1) is 13.0. The predicted molar refractivity (Wildman–Crippen MR) is 92.8 cm³/mol. The maximum Gasteiger partial charge on any atom is 0.346 e. The van der Waals surface area contributed by atoms with E-state index in [1.807, 2.05) is 0 Å². The molecule has 3 rings (SSSR count). The Labute approximate surface area is 154 Å². The van der Waals surface area contributed by atoms with Crippen molar-refractivity contribution in [2.24, 2.45) is 0 Å². The molecule has 1 heterocycles. The summed E-state index contributed by atoms with van der Waals surface area (Å²) in [5.74, 6) is -0.965. The number of halogens is 1. The molecule has 7 nitrogen and oxygen atoms in total. The molecule has 0 spiro atoms. The number of benzene rings is 2. The molecule has 1 aliphatic rings. The van der Waals surface area contributed by atoms with Crippen LogP contribution in [0.1, 0.15) is 16.8 Å². The molecule has 0 aromatic heterocycles. The lowest BCUT2D eigenvalue weighted by atomic mass is 10.2. The van der Waals surface area contributed by atoms with Gasteiger partial charge in [0.1, 0.15) is 11.6 Å². The molecule has 1 atom stereocenters. The van der Waals surface area contributed by atoms with E-state index in [0.29, 0.717) is 30.3 Å². The molecule has 2 aromatic rings. The average molecular weight is 375 g/mol. The minimum Gasteiger partial charge on any atom is -0.490 e. The third-order valence-electron chi connectivity index (χ3n) is 3.83. The molecular formula is C19H18FNO6. The number of fused-ring (bicyclic) bond motifs is 1. The van der Waals surface area contributed by atoms with Crippen molar-refractivity contribution in [3.8, 4) is 17.2 Å². The molecule has 2 aromatic carbocycles. The summed E-state index contributed by atoms with van der Waals surface area (Å²) in [4.78, 5) is 23.7. The summed E-state index contributed by atoms with van der Waals surface area (Å²) in [5, 5.41) is 11.8. The van der Waals surface area contributed by atoms with Crippen LogP contribution in [0.25, 0.3) is 0 Å². The Bertz CT molecular complexity index is 823. The van der Waals surface area contributed by atoms with E-state index >= 15 is 0 Å². The van der Waals surface area contributed by atoms with Gasteiger partial charge in [-0.1, -0.05) is 0 Å². The van der Waals surface area contributed by atoms with Crippen LogP contribution in [0.15, 0.2) is 42.5 Å². The topological polar surface area (TPSA) is 94.1 Å². The Kier molecular flexibility index (Phi) is 5.75. The van der Waals surface area contributed by atoms with Gasteiger partial charge in [-0.05, 0) is 42.5 Å². The zero-order chi connectivity index (χ0) is 19.2. The highest BCUT2D eigenvalue weighted by molar-refractivity contribution is 5.95. The molecule has 2 N–H and O–H groups in total. The monoisotopic (exact) mass is 375 g/mol. The molecule has 0 saturated heterocycles. The standard InChI is InChI=1S/C19H18FNO6/c20-13-3-5-14(6-4-13)27-17(19(23)24)11-21-18(22)12-2-7-15-16(10-12)26-9-1-8-25-15/h2-7,10,17H,1,8-9,11H2,(H,21,22)(H,23,24). The maximum absolute atomic E-state index is 12.9. The molecule has 1 unspecified atom stereocenters. The smallest absolute Gasteiger partial charge is 0.346 e. The van der Waals surface area contributed by atoms with Crippen molar-refractivity contribution in [3.63, 3.8) is 0 Å². The van der Waals surface area contributed by atoms with Crippen molar-refractivity contribution in [1.82, 2.24) is 5.32 Å². The number of ether oxygens (including phenoxy) is 3. The van der Waals surface area contributed by atoms with Gasteiger partial charge in [0, 0.05) is 12.0 Å². The van der Waals surface area contributed by atoms with Gasteiger partial charge in [-0.15, -0.1) is 0 Å². The number of carboxylic acid groups (broad SMARTS) is 1. The number of hydrogen-bond donors (Lipinski definition) is 2. The van der Waals surface area contributed by atoms with Crippen LogP contribution in [-0.4, -0.2) is 42.8 Å². The summed E-state index contributed by atoms with van der Waals surface area (Å²) in [6, 6.07) is 9.70. The van der Waals surface area contributed by atoms with Crippen molar-refractivity contribution < 1.29 is 33.3 Å². The van der Waals surface area contributed by atoms with Crippen LogP contribution in [-0.2, 0) is 4.79 Å². The van der Waals surface area contributed by atoms with Gasteiger partial charge in [-0.3, -0.25) is 4.79 Å². The number of rotatable bonds is 6. The average Bonchev–Trinajstić information content (AvgIpc) is 2.90.